The Morgan fingerprint density at radius 2 is 2.21 bits per heavy atom. The third-order valence-electron chi connectivity index (χ3n) is 3.32. The summed E-state index contributed by atoms with van der Waals surface area (Å²) in [5.41, 5.74) is 2.35. The quantitative estimate of drug-likeness (QED) is 0.934. The maximum Gasteiger partial charge on any atom is 0.259 e. The lowest BCUT2D eigenvalue weighted by Gasteiger charge is -2.08. The molecule has 0 saturated carbocycles. The molecule has 1 atom stereocenters. The number of pyridine rings is 1. The van der Waals surface area contributed by atoms with Crippen LogP contribution in [0.1, 0.15) is 26.0 Å². The average Bonchev–Trinajstić information content (AvgIpc) is 2.84. The van der Waals surface area contributed by atoms with Gasteiger partial charge in [0, 0.05) is 24.2 Å². The number of nitrogens with one attached hydrogen (secondary N) is 1. The second-order valence-corrected chi connectivity index (χ2v) is 5.60. The zero-order chi connectivity index (χ0) is 14.0. The van der Waals surface area contributed by atoms with Gasteiger partial charge in [-0.2, -0.15) is 0 Å². The van der Waals surface area contributed by atoms with Gasteiger partial charge in [0.15, 0.2) is 5.13 Å². The molecule has 2 heterocycles. The lowest BCUT2D eigenvalue weighted by molar-refractivity contribution is 0.763. The fourth-order valence-corrected chi connectivity index (χ4v) is 2.52. The molecule has 0 fully saturated rings. The number of rotatable bonds is 4. The Hall–Kier alpha value is -1.62. The Bertz CT molecular complexity index is 630. The van der Waals surface area contributed by atoms with Crippen molar-refractivity contribution in [3.8, 4) is 11.3 Å². The number of anilines is 1. The van der Waals surface area contributed by atoms with Crippen molar-refractivity contribution in [3.63, 3.8) is 0 Å². The van der Waals surface area contributed by atoms with Crippen molar-refractivity contribution >= 4 is 16.5 Å². The average molecular weight is 277 g/mol. The van der Waals surface area contributed by atoms with E-state index < -0.39 is 0 Å². The number of nitrogens with zero attached hydrogens (tertiary/aromatic N) is 2. The molecule has 0 aliphatic carbocycles. The molecule has 19 heavy (non-hydrogen) atoms. The molecule has 0 aliphatic rings. The lowest BCUT2D eigenvalue weighted by atomic mass is 10.2. The number of hydrogen-bond acceptors (Lipinski definition) is 4. The molecular weight excluding hydrogens is 258 g/mol. The van der Waals surface area contributed by atoms with Crippen LogP contribution in [-0.4, -0.2) is 15.6 Å². The van der Waals surface area contributed by atoms with Gasteiger partial charge < -0.3 is 9.88 Å². The van der Waals surface area contributed by atoms with E-state index in [9.17, 15) is 4.79 Å². The molecule has 4 nitrogen and oxygen atoms in total. The zero-order valence-electron chi connectivity index (χ0n) is 11.7. The number of hydrogen-bond donors (Lipinski definition) is 1. The largest absolute Gasteiger partial charge is 0.359 e. The maximum absolute atomic E-state index is 12.2. The van der Waals surface area contributed by atoms with Gasteiger partial charge in [-0.3, -0.25) is 4.79 Å². The Kier molecular flexibility index (Phi) is 4.04. The van der Waals surface area contributed by atoms with Crippen LogP contribution in [0.4, 0.5) is 5.13 Å². The van der Waals surface area contributed by atoms with E-state index in [1.165, 1.54) is 11.3 Å². The van der Waals surface area contributed by atoms with Crippen molar-refractivity contribution in [1.82, 2.24) is 9.55 Å². The van der Waals surface area contributed by atoms with Crippen LogP contribution < -0.4 is 10.9 Å². The number of aromatic nitrogens is 2. The summed E-state index contributed by atoms with van der Waals surface area (Å²) in [6, 6.07) is 4.18. The summed E-state index contributed by atoms with van der Waals surface area (Å²) in [5, 5.41) is 6.12. The monoisotopic (exact) mass is 277 g/mol. The van der Waals surface area contributed by atoms with E-state index in [1.54, 1.807) is 11.6 Å². The third kappa shape index (κ3) is 2.87. The van der Waals surface area contributed by atoms with Crippen LogP contribution in [0.2, 0.25) is 0 Å². The van der Waals surface area contributed by atoms with Crippen LogP contribution in [0.25, 0.3) is 11.3 Å². The smallest absolute Gasteiger partial charge is 0.259 e. The van der Waals surface area contributed by atoms with Gasteiger partial charge in [0.25, 0.3) is 5.56 Å². The van der Waals surface area contributed by atoms with Crippen molar-refractivity contribution < 1.29 is 0 Å². The van der Waals surface area contributed by atoms with E-state index in [2.05, 4.69) is 24.1 Å². The van der Waals surface area contributed by atoms with Crippen LogP contribution in [0.15, 0.2) is 22.3 Å². The summed E-state index contributed by atoms with van der Waals surface area (Å²) < 4.78 is 1.65. The predicted octanol–water partition coefficient (Wildman–Crippen LogP) is 3.03. The topological polar surface area (TPSA) is 46.9 Å². The summed E-state index contributed by atoms with van der Waals surface area (Å²) >= 11 is 1.54. The van der Waals surface area contributed by atoms with Crippen molar-refractivity contribution in [2.24, 2.45) is 7.05 Å². The summed E-state index contributed by atoms with van der Waals surface area (Å²) in [7, 11) is 1.78. The van der Waals surface area contributed by atoms with Crippen molar-refractivity contribution in [2.45, 2.75) is 33.2 Å². The highest BCUT2D eigenvalue weighted by Crippen LogP contribution is 2.23. The molecule has 102 valence electrons. The number of aryl methyl sites for hydroxylation is 1. The highest BCUT2D eigenvalue weighted by Gasteiger charge is 2.11. The van der Waals surface area contributed by atoms with Gasteiger partial charge in [0.1, 0.15) is 0 Å². The SMILES string of the molecule is CCC(C)Nc1nc(-c2ccc(C)n(C)c2=O)cs1. The standard InChI is InChI=1S/C14H19N3OS/c1-5-9(2)15-14-16-12(8-19-14)11-7-6-10(3)17(4)13(11)18/h6-9H,5H2,1-4H3,(H,15,16). The zero-order valence-corrected chi connectivity index (χ0v) is 12.5. The third-order valence-corrected chi connectivity index (χ3v) is 4.09. The maximum atomic E-state index is 12.2. The Labute approximate surface area is 117 Å². The molecule has 1 N–H and O–H groups in total. The summed E-state index contributed by atoms with van der Waals surface area (Å²) in [6.07, 6.45) is 1.04. The molecule has 5 heteroatoms. The molecule has 1 unspecified atom stereocenters. The van der Waals surface area contributed by atoms with Crippen LogP contribution >= 0.6 is 11.3 Å². The Morgan fingerprint density at radius 3 is 2.89 bits per heavy atom. The fourth-order valence-electron chi connectivity index (χ4n) is 1.70. The van der Waals surface area contributed by atoms with Gasteiger partial charge >= 0.3 is 0 Å². The summed E-state index contributed by atoms with van der Waals surface area (Å²) in [6.45, 7) is 6.16. The van der Waals surface area contributed by atoms with E-state index in [0.29, 0.717) is 11.6 Å². The fraction of sp³-hybridized carbons (Fsp3) is 0.429. The molecule has 0 amide bonds. The lowest BCUT2D eigenvalue weighted by Crippen LogP contribution is -2.20. The van der Waals surface area contributed by atoms with Crippen LogP contribution in [0.5, 0.6) is 0 Å². The normalized spacial score (nSPS) is 12.4. The molecule has 0 spiro atoms. The second kappa shape index (κ2) is 5.57. The van der Waals surface area contributed by atoms with E-state index >= 15 is 0 Å². The van der Waals surface area contributed by atoms with Gasteiger partial charge in [-0.15, -0.1) is 11.3 Å². The van der Waals surface area contributed by atoms with Crippen molar-refractivity contribution in [1.29, 1.82) is 0 Å². The van der Waals surface area contributed by atoms with Crippen molar-refractivity contribution in [2.75, 3.05) is 5.32 Å². The molecule has 0 aliphatic heterocycles. The van der Waals surface area contributed by atoms with Crippen LogP contribution in [0.3, 0.4) is 0 Å². The molecular formula is C14H19N3OS. The molecule has 2 aromatic rings. The second-order valence-electron chi connectivity index (χ2n) is 4.74. The summed E-state index contributed by atoms with van der Waals surface area (Å²) in [5.74, 6) is 0. The van der Waals surface area contributed by atoms with E-state index in [-0.39, 0.29) is 5.56 Å². The van der Waals surface area contributed by atoms with E-state index in [4.69, 9.17) is 0 Å². The van der Waals surface area contributed by atoms with E-state index in [1.807, 2.05) is 24.4 Å². The first-order valence-electron chi connectivity index (χ1n) is 6.42. The van der Waals surface area contributed by atoms with Gasteiger partial charge in [-0.05, 0) is 32.4 Å². The highest BCUT2D eigenvalue weighted by atomic mass is 32.1. The predicted molar refractivity (Wildman–Crippen MR) is 80.9 cm³/mol. The van der Waals surface area contributed by atoms with Crippen molar-refractivity contribution in [3.05, 3.63) is 33.6 Å². The van der Waals surface area contributed by atoms with Gasteiger partial charge in [0.2, 0.25) is 0 Å². The summed E-state index contributed by atoms with van der Waals surface area (Å²) in [4.78, 5) is 16.7. The molecule has 2 aromatic heterocycles. The molecule has 0 bridgehead atoms. The Balaban J connectivity index is 2.33. The minimum atomic E-state index is 0.000361. The van der Waals surface area contributed by atoms with E-state index in [0.717, 1.165) is 22.9 Å². The highest BCUT2D eigenvalue weighted by molar-refractivity contribution is 7.14. The first kappa shape index (κ1) is 13.8. The number of thiazole rings is 1. The minimum Gasteiger partial charge on any atom is -0.359 e. The molecule has 0 aromatic carbocycles. The molecule has 0 radical (unpaired) electrons. The molecule has 0 saturated heterocycles. The first-order valence-corrected chi connectivity index (χ1v) is 7.30. The molecule has 2 rings (SSSR count). The van der Waals surface area contributed by atoms with Gasteiger partial charge in [0.05, 0.1) is 11.3 Å². The van der Waals surface area contributed by atoms with Gasteiger partial charge in [-0.1, -0.05) is 6.92 Å². The van der Waals surface area contributed by atoms with Gasteiger partial charge in [-0.25, -0.2) is 4.98 Å². The van der Waals surface area contributed by atoms with Crippen LogP contribution in [-0.2, 0) is 7.05 Å². The first-order chi connectivity index (χ1) is 9.02. The minimum absolute atomic E-state index is 0.000361. The Morgan fingerprint density at radius 1 is 1.47 bits per heavy atom. The van der Waals surface area contributed by atoms with Crippen LogP contribution in [0, 0.1) is 6.92 Å².